The van der Waals surface area contributed by atoms with Crippen molar-refractivity contribution >= 4 is 5.69 Å². The molecule has 4 nitrogen and oxygen atoms in total. The Hall–Kier alpha value is -2.11. The first-order valence-electron chi connectivity index (χ1n) is 10.3. The van der Waals surface area contributed by atoms with Crippen molar-refractivity contribution in [1.82, 2.24) is 4.90 Å². The van der Waals surface area contributed by atoms with E-state index in [2.05, 4.69) is 21.9 Å². The average molecular weight is 384 g/mol. The van der Waals surface area contributed by atoms with Crippen LogP contribution in [0.4, 0.5) is 10.1 Å². The molecule has 2 aliphatic heterocycles. The maximum absolute atomic E-state index is 13.0. The number of benzene rings is 2. The van der Waals surface area contributed by atoms with Crippen LogP contribution < -0.4 is 9.64 Å². The van der Waals surface area contributed by atoms with Gasteiger partial charge in [0.15, 0.2) is 6.29 Å². The van der Waals surface area contributed by atoms with Crippen LogP contribution in [-0.2, 0) is 12.8 Å². The number of anilines is 1. The van der Waals surface area contributed by atoms with Gasteiger partial charge in [-0.1, -0.05) is 18.2 Å². The maximum Gasteiger partial charge on any atom is 0.194 e. The molecule has 0 spiro atoms. The summed E-state index contributed by atoms with van der Waals surface area (Å²) in [4.78, 5) is 5.05. The number of halogens is 1. The van der Waals surface area contributed by atoms with E-state index in [-0.39, 0.29) is 5.82 Å². The molecule has 0 aliphatic carbocycles. The summed E-state index contributed by atoms with van der Waals surface area (Å²) in [5.74, 6) is 0.565. The Morgan fingerprint density at radius 1 is 1.11 bits per heavy atom. The Labute approximate surface area is 166 Å². The van der Waals surface area contributed by atoms with Crippen LogP contribution in [0.1, 0.15) is 30.9 Å². The van der Waals surface area contributed by atoms with Gasteiger partial charge in [-0.3, -0.25) is 0 Å². The highest BCUT2D eigenvalue weighted by atomic mass is 19.1. The van der Waals surface area contributed by atoms with Gasteiger partial charge in [0.2, 0.25) is 0 Å². The molecule has 2 heterocycles. The minimum atomic E-state index is -0.794. The quantitative estimate of drug-likeness (QED) is 0.772. The summed E-state index contributed by atoms with van der Waals surface area (Å²) in [5.41, 5.74) is 3.84. The van der Waals surface area contributed by atoms with Crippen molar-refractivity contribution < 1.29 is 14.2 Å². The summed E-state index contributed by atoms with van der Waals surface area (Å²) in [7, 11) is 0. The van der Waals surface area contributed by atoms with Gasteiger partial charge in [-0.2, -0.15) is 0 Å². The molecule has 5 heteroatoms. The third-order valence-corrected chi connectivity index (χ3v) is 5.92. The molecule has 0 saturated carbocycles. The number of aliphatic hydroxyl groups excluding tert-OH is 1. The van der Waals surface area contributed by atoms with Crippen LogP contribution in [0.2, 0.25) is 0 Å². The molecule has 1 unspecified atom stereocenters. The number of hydrogen-bond acceptors (Lipinski definition) is 4. The Morgan fingerprint density at radius 2 is 1.86 bits per heavy atom. The molecular weight excluding hydrogens is 355 g/mol. The van der Waals surface area contributed by atoms with E-state index in [1.54, 1.807) is 19.1 Å². The average Bonchev–Trinajstić information content (AvgIpc) is 3.11. The lowest BCUT2D eigenvalue weighted by Crippen LogP contribution is -2.45. The van der Waals surface area contributed by atoms with Crippen LogP contribution in [0.25, 0.3) is 0 Å². The van der Waals surface area contributed by atoms with Crippen LogP contribution >= 0.6 is 0 Å². The number of hydrogen-bond donors (Lipinski definition) is 1. The van der Waals surface area contributed by atoms with Gasteiger partial charge < -0.3 is 19.6 Å². The van der Waals surface area contributed by atoms with Gasteiger partial charge in [-0.05, 0) is 61.9 Å². The van der Waals surface area contributed by atoms with Crippen LogP contribution in [-0.4, -0.2) is 48.5 Å². The van der Waals surface area contributed by atoms with Crippen LogP contribution in [0, 0.1) is 5.82 Å². The van der Waals surface area contributed by atoms with Crippen LogP contribution in [0.15, 0.2) is 42.5 Å². The lowest BCUT2D eigenvalue weighted by molar-refractivity contribution is -0.000264. The molecule has 0 aromatic heterocycles. The zero-order chi connectivity index (χ0) is 19.5. The smallest absolute Gasteiger partial charge is 0.194 e. The predicted molar refractivity (Wildman–Crippen MR) is 109 cm³/mol. The standard InChI is InChI=1S/C23H29FN2O2/c1-17(27)28-22-7-4-19-9-15-26(23(19)16-22)21-10-13-25(14-11-21)12-8-18-2-5-20(24)6-3-18/h2-7,16-17,21,27H,8-15H2,1H3. The summed E-state index contributed by atoms with van der Waals surface area (Å²) in [5, 5.41) is 9.48. The fourth-order valence-electron chi connectivity index (χ4n) is 4.43. The maximum atomic E-state index is 13.0. The number of piperidine rings is 1. The molecule has 1 fully saturated rings. The summed E-state index contributed by atoms with van der Waals surface area (Å²) in [6, 6.07) is 13.6. The molecule has 1 N–H and O–H groups in total. The third kappa shape index (κ3) is 4.47. The molecule has 150 valence electrons. The number of aliphatic hydroxyl groups is 1. The second-order valence-corrected chi connectivity index (χ2v) is 7.90. The molecule has 28 heavy (non-hydrogen) atoms. The second-order valence-electron chi connectivity index (χ2n) is 7.90. The molecule has 0 amide bonds. The van der Waals surface area contributed by atoms with Gasteiger partial charge in [0, 0.05) is 44.0 Å². The molecule has 0 bridgehead atoms. The fraction of sp³-hybridized carbons (Fsp3) is 0.478. The Balaban J connectivity index is 1.32. The van der Waals surface area contributed by atoms with E-state index in [0.29, 0.717) is 6.04 Å². The van der Waals surface area contributed by atoms with Crippen molar-refractivity contribution in [3.8, 4) is 5.75 Å². The topological polar surface area (TPSA) is 35.9 Å². The Bertz CT molecular complexity index is 786. The van der Waals surface area contributed by atoms with E-state index in [9.17, 15) is 9.50 Å². The molecule has 1 atom stereocenters. The molecule has 4 rings (SSSR count). The number of fused-ring (bicyclic) bond motifs is 1. The molecule has 2 aromatic carbocycles. The summed E-state index contributed by atoms with van der Waals surface area (Å²) in [6.45, 7) is 5.92. The zero-order valence-corrected chi connectivity index (χ0v) is 16.5. The number of rotatable bonds is 6. The van der Waals surface area contributed by atoms with E-state index in [1.807, 2.05) is 18.2 Å². The van der Waals surface area contributed by atoms with Gasteiger partial charge in [0.25, 0.3) is 0 Å². The van der Waals surface area contributed by atoms with Gasteiger partial charge in [-0.25, -0.2) is 4.39 Å². The largest absolute Gasteiger partial charge is 0.465 e. The molecular formula is C23H29FN2O2. The highest BCUT2D eigenvalue weighted by Gasteiger charge is 2.29. The zero-order valence-electron chi connectivity index (χ0n) is 16.5. The minimum Gasteiger partial charge on any atom is -0.465 e. The predicted octanol–water partition coefficient (Wildman–Crippen LogP) is 3.61. The van der Waals surface area contributed by atoms with Crippen molar-refractivity contribution in [3.63, 3.8) is 0 Å². The molecule has 0 radical (unpaired) electrons. The number of nitrogens with zero attached hydrogens (tertiary/aromatic N) is 2. The minimum absolute atomic E-state index is 0.169. The lowest BCUT2D eigenvalue weighted by Gasteiger charge is -2.38. The van der Waals surface area contributed by atoms with E-state index >= 15 is 0 Å². The molecule has 2 aromatic rings. The first-order valence-corrected chi connectivity index (χ1v) is 10.3. The summed E-state index contributed by atoms with van der Waals surface area (Å²) >= 11 is 0. The van der Waals surface area contributed by atoms with Gasteiger partial charge in [-0.15, -0.1) is 0 Å². The van der Waals surface area contributed by atoms with Gasteiger partial charge in [0.05, 0.1) is 0 Å². The third-order valence-electron chi connectivity index (χ3n) is 5.92. The van der Waals surface area contributed by atoms with Crippen LogP contribution in [0.5, 0.6) is 5.75 Å². The van der Waals surface area contributed by atoms with Crippen molar-refractivity contribution in [2.75, 3.05) is 31.1 Å². The highest BCUT2D eigenvalue weighted by Crippen LogP contribution is 2.35. The van der Waals surface area contributed by atoms with Gasteiger partial charge >= 0.3 is 0 Å². The summed E-state index contributed by atoms with van der Waals surface area (Å²) < 4.78 is 18.5. The van der Waals surface area contributed by atoms with E-state index in [1.165, 1.54) is 16.8 Å². The normalized spacial score (nSPS) is 18.9. The first-order chi connectivity index (χ1) is 13.6. The van der Waals surface area contributed by atoms with Crippen molar-refractivity contribution in [2.24, 2.45) is 0 Å². The second kappa shape index (κ2) is 8.50. The fourth-order valence-corrected chi connectivity index (χ4v) is 4.43. The van der Waals surface area contributed by atoms with Gasteiger partial charge in [0.1, 0.15) is 11.6 Å². The highest BCUT2D eigenvalue weighted by molar-refractivity contribution is 5.61. The number of likely N-dealkylation sites (tertiary alicyclic amines) is 1. The number of ether oxygens (including phenoxy) is 1. The summed E-state index contributed by atoms with van der Waals surface area (Å²) in [6.07, 6.45) is 3.57. The van der Waals surface area contributed by atoms with Crippen molar-refractivity contribution in [2.45, 2.75) is 44.9 Å². The van der Waals surface area contributed by atoms with E-state index < -0.39 is 6.29 Å². The molecule has 2 aliphatic rings. The monoisotopic (exact) mass is 384 g/mol. The van der Waals surface area contributed by atoms with E-state index in [0.717, 1.165) is 57.6 Å². The van der Waals surface area contributed by atoms with E-state index in [4.69, 9.17) is 4.74 Å². The van der Waals surface area contributed by atoms with Crippen LogP contribution in [0.3, 0.4) is 0 Å². The Morgan fingerprint density at radius 3 is 2.57 bits per heavy atom. The SMILES string of the molecule is CC(O)Oc1ccc2c(c1)N(C1CCN(CCc3ccc(F)cc3)CC1)CC2. The molecule has 1 saturated heterocycles. The Kier molecular flexibility index (Phi) is 5.83. The lowest BCUT2D eigenvalue weighted by atomic mass is 10.0. The van der Waals surface area contributed by atoms with Crippen molar-refractivity contribution in [1.29, 1.82) is 0 Å². The van der Waals surface area contributed by atoms with Crippen molar-refractivity contribution in [3.05, 3.63) is 59.4 Å². The first kappa shape index (κ1) is 19.2.